The van der Waals surface area contributed by atoms with E-state index < -0.39 is 0 Å². The van der Waals surface area contributed by atoms with Gasteiger partial charge in [0.25, 0.3) is 0 Å². The van der Waals surface area contributed by atoms with E-state index in [1.54, 1.807) is 11.1 Å². The van der Waals surface area contributed by atoms with Crippen molar-refractivity contribution in [2.75, 3.05) is 20.6 Å². The second kappa shape index (κ2) is 5.41. The van der Waals surface area contributed by atoms with Crippen LogP contribution in [-0.2, 0) is 19.4 Å². The third-order valence-corrected chi connectivity index (χ3v) is 4.26. The fourth-order valence-corrected chi connectivity index (χ4v) is 2.41. The van der Waals surface area contributed by atoms with Gasteiger partial charge in [-0.1, -0.05) is 18.2 Å². The molecule has 1 aliphatic rings. The lowest BCUT2D eigenvalue weighted by Crippen LogP contribution is -2.46. The molecule has 0 amide bonds. The summed E-state index contributed by atoms with van der Waals surface area (Å²) in [5.41, 5.74) is 4.76. The molecular formula is C16H26N2. The number of rotatable bonds is 5. The number of likely N-dealkylation sites (N-methyl/N-ethyl adjacent to an activating group) is 1. The molecule has 0 aromatic heterocycles. The second-order valence-corrected chi connectivity index (χ2v) is 6.27. The van der Waals surface area contributed by atoms with Gasteiger partial charge in [-0.25, -0.2) is 0 Å². The number of hydrogen-bond donors (Lipinski definition) is 1. The standard InChI is InChI=1S/C16H26N2/c1-16(2,18(3)4)12-17-11-13-8-9-14-6-5-7-15(14)10-13/h8-10,17H,5-7,11-12H2,1-4H3. The lowest BCUT2D eigenvalue weighted by Gasteiger charge is -2.32. The van der Waals surface area contributed by atoms with Crippen molar-refractivity contribution in [2.24, 2.45) is 0 Å². The quantitative estimate of drug-likeness (QED) is 0.859. The van der Waals surface area contributed by atoms with Gasteiger partial charge in [-0.15, -0.1) is 0 Å². The molecule has 1 aliphatic carbocycles. The van der Waals surface area contributed by atoms with Crippen molar-refractivity contribution in [3.8, 4) is 0 Å². The van der Waals surface area contributed by atoms with Crippen LogP contribution in [0.5, 0.6) is 0 Å². The molecule has 2 nitrogen and oxygen atoms in total. The van der Waals surface area contributed by atoms with E-state index in [0.29, 0.717) is 0 Å². The minimum absolute atomic E-state index is 0.205. The zero-order valence-electron chi connectivity index (χ0n) is 12.2. The molecule has 0 fully saturated rings. The van der Waals surface area contributed by atoms with Crippen LogP contribution in [0, 0.1) is 0 Å². The lowest BCUT2D eigenvalue weighted by atomic mass is 10.0. The molecule has 0 spiro atoms. The summed E-state index contributed by atoms with van der Waals surface area (Å²) in [6.07, 6.45) is 3.88. The topological polar surface area (TPSA) is 15.3 Å². The minimum atomic E-state index is 0.205. The van der Waals surface area contributed by atoms with Gasteiger partial charge in [-0.3, -0.25) is 0 Å². The Morgan fingerprint density at radius 1 is 1.17 bits per heavy atom. The molecule has 0 unspecified atom stereocenters. The Labute approximate surface area is 111 Å². The Morgan fingerprint density at radius 2 is 1.89 bits per heavy atom. The van der Waals surface area contributed by atoms with Gasteiger partial charge in [0.05, 0.1) is 0 Å². The van der Waals surface area contributed by atoms with Crippen LogP contribution < -0.4 is 5.32 Å². The summed E-state index contributed by atoms with van der Waals surface area (Å²) in [6.45, 7) is 6.52. The Hall–Kier alpha value is -0.860. The smallest absolute Gasteiger partial charge is 0.0271 e. The number of benzene rings is 1. The zero-order valence-corrected chi connectivity index (χ0v) is 12.2. The molecule has 0 aliphatic heterocycles. The van der Waals surface area contributed by atoms with E-state index in [2.05, 4.69) is 56.4 Å². The summed E-state index contributed by atoms with van der Waals surface area (Å²) in [6, 6.07) is 6.98. The van der Waals surface area contributed by atoms with E-state index >= 15 is 0 Å². The number of nitrogens with zero attached hydrogens (tertiary/aromatic N) is 1. The van der Waals surface area contributed by atoms with Gasteiger partial charge in [-0.2, -0.15) is 0 Å². The third-order valence-electron chi connectivity index (χ3n) is 4.26. The summed E-state index contributed by atoms with van der Waals surface area (Å²) in [7, 11) is 4.27. The van der Waals surface area contributed by atoms with E-state index in [-0.39, 0.29) is 5.54 Å². The van der Waals surface area contributed by atoms with E-state index in [9.17, 15) is 0 Å². The van der Waals surface area contributed by atoms with Crippen LogP contribution >= 0.6 is 0 Å². The van der Waals surface area contributed by atoms with Crippen LogP contribution in [-0.4, -0.2) is 31.1 Å². The van der Waals surface area contributed by atoms with Gasteiger partial charge in [0.2, 0.25) is 0 Å². The van der Waals surface area contributed by atoms with Crippen molar-refractivity contribution >= 4 is 0 Å². The zero-order chi connectivity index (χ0) is 13.2. The van der Waals surface area contributed by atoms with Crippen molar-refractivity contribution in [3.63, 3.8) is 0 Å². The van der Waals surface area contributed by atoms with Crippen LogP contribution in [0.25, 0.3) is 0 Å². The molecule has 100 valence electrons. The molecule has 1 aromatic rings. The molecule has 0 saturated heterocycles. The van der Waals surface area contributed by atoms with Gasteiger partial charge in [0.15, 0.2) is 0 Å². The fourth-order valence-electron chi connectivity index (χ4n) is 2.41. The van der Waals surface area contributed by atoms with E-state index in [1.165, 1.54) is 24.8 Å². The average Bonchev–Trinajstić information content (AvgIpc) is 2.75. The van der Waals surface area contributed by atoms with E-state index in [0.717, 1.165) is 13.1 Å². The lowest BCUT2D eigenvalue weighted by molar-refractivity contribution is 0.190. The SMILES string of the molecule is CN(C)C(C)(C)CNCc1ccc2c(c1)CCC2. The molecule has 0 atom stereocenters. The number of nitrogens with one attached hydrogen (secondary N) is 1. The predicted octanol–water partition coefficient (Wildman–Crippen LogP) is 2.61. The molecule has 0 heterocycles. The monoisotopic (exact) mass is 246 g/mol. The maximum Gasteiger partial charge on any atom is 0.0271 e. The van der Waals surface area contributed by atoms with Crippen LogP contribution in [0.4, 0.5) is 0 Å². The first kappa shape index (κ1) is 13.6. The van der Waals surface area contributed by atoms with Crippen molar-refractivity contribution < 1.29 is 0 Å². The molecule has 2 heteroatoms. The summed E-state index contributed by atoms with van der Waals surface area (Å²) in [5.74, 6) is 0. The number of fused-ring (bicyclic) bond motifs is 1. The number of aryl methyl sites for hydroxylation is 2. The molecule has 18 heavy (non-hydrogen) atoms. The average molecular weight is 246 g/mol. The summed E-state index contributed by atoms with van der Waals surface area (Å²) in [4.78, 5) is 2.27. The number of hydrogen-bond acceptors (Lipinski definition) is 2. The van der Waals surface area contributed by atoms with Gasteiger partial charge in [-0.05, 0) is 63.9 Å². The van der Waals surface area contributed by atoms with Gasteiger partial charge in [0, 0.05) is 18.6 Å². The second-order valence-electron chi connectivity index (χ2n) is 6.27. The first-order valence-electron chi connectivity index (χ1n) is 6.98. The van der Waals surface area contributed by atoms with Crippen LogP contribution in [0.2, 0.25) is 0 Å². The van der Waals surface area contributed by atoms with Crippen molar-refractivity contribution in [2.45, 2.75) is 45.2 Å². The maximum atomic E-state index is 3.57. The normalized spacial score (nSPS) is 15.2. The van der Waals surface area contributed by atoms with Crippen molar-refractivity contribution in [1.29, 1.82) is 0 Å². The van der Waals surface area contributed by atoms with Crippen LogP contribution in [0.15, 0.2) is 18.2 Å². The maximum absolute atomic E-state index is 3.57. The molecule has 0 radical (unpaired) electrons. The van der Waals surface area contributed by atoms with Crippen LogP contribution in [0.3, 0.4) is 0 Å². The highest BCUT2D eigenvalue weighted by molar-refractivity contribution is 5.35. The van der Waals surface area contributed by atoms with Gasteiger partial charge >= 0.3 is 0 Å². The highest BCUT2D eigenvalue weighted by atomic mass is 15.2. The highest BCUT2D eigenvalue weighted by Gasteiger charge is 2.19. The molecular weight excluding hydrogens is 220 g/mol. The summed E-state index contributed by atoms with van der Waals surface area (Å²) < 4.78 is 0. The van der Waals surface area contributed by atoms with E-state index in [4.69, 9.17) is 0 Å². The largest absolute Gasteiger partial charge is 0.311 e. The molecule has 0 bridgehead atoms. The summed E-state index contributed by atoms with van der Waals surface area (Å²) >= 11 is 0. The first-order chi connectivity index (χ1) is 8.49. The van der Waals surface area contributed by atoms with Crippen molar-refractivity contribution in [3.05, 3.63) is 34.9 Å². The Bertz CT molecular complexity index is 408. The first-order valence-corrected chi connectivity index (χ1v) is 6.98. The molecule has 2 rings (SSSR count). The molecule has 1 aromatic carbocycles. The van der Waals surface area contributed by atoms with Gasteiger partial charge in [0.1, 0.15) is 0 Å². The third kappa shape index (κ3) is 3.12. The highest BCUT2D eigenvalue weighted by Crippen LogP contribution is 2.22. The molecule has 1 N–H and O–H groups in total. The molecule has 0 saturated carbocycles. The minimum Gasteiger partial charge on any atom is -0.311 e. The van der Waals surface area contributed by atoms with Crippen LogP contribution in [0.1, 0.15) is 37.0 Å². The Kier molecular flexibility index (Phi) is 4.08. The van der Waals surface area contributed by atoms with E-state index in [1.807, 2.05) is 0 Å². The Morgan fingerprint density at radius 3 is 2.61 bits per heavy atom. The fraction of sp³-hybridized carbons (Fsp3) is 0.625. The summed E-state index contributed by atoms with van der Waals surface area (Å²) in [5, 5.41) is 3.57. The Balaban J connectivity index is 1.87. The predicted molar refractivity (Wildman–Crippen MR) is 77.9 cm³/mol. The van der Waals surface area contributed by atoms with Crippen molar-refractivity contribution in [1.82, 2.24) is 10.2 Å². The van der Waals surface area contributed by atoms with Gasteiger partial charge < -0.3 is 10.2 Å².